The van der Waals surface area contributed by atoms with Crippen LogP contribution in [0, 0.1) is 10.6 Å². The number of aromatic carboxylic acids is 1. The van der Waals surface area contributed by atoms with Crippen molar-refractivity contribution in [3.63, 3.8) is 0 Å². The highest BCUT2D eigenvalue weighted by atomic mass is 32.1. The van der Waals surface area contributed by atoms with Gasteiger partial charge in [-0.15, -0.1) is 5.10 Å². The number of aromatic nitrogens is 4. The van der Waals surface area contributed by atoms with E-state index in [1.807, 2.05) is 46.7 Å². The maximum atomic E-state index is 15.4. The van der Waals surface area contributed by atoms with Crippen LogP contribution in [-0.2, 0) is 13.2 Å². The smallest absolute Gasteiger partial charge is 0.341 e. The van der Waals surface area contributed by atoms with Gasteiger partial charge >= 0.3 is 5.97 Å². The standard InChI is InChI=1S/C32H31FN6O5S/c1-3-36-18-24(31(42)43)29(41)23-16-25(33)27(17-26(23)36)37-14-12-35(13-15-37)19-38-32(45)39(20-8-10-21(44-2)11-9-20)30(34-38)22-6-4-5-7-28(22)40/h4-11,16-18,40H,3,12-15,19H2,1-2H3,(H,42,43). The molecule has 0 atom stereocenters. The van der Waals surface area contributed by atoms with Crippen LogP contribution in [0.1, 0.15) is 17.3 Å². The second kappa shape index (κ2) is 12.2. The molecule has 11 nitrogen and oxygen atoms in total. The Morgan fingerprint density at radius 2 is 1.78 bits per heavy atom. The molecule has 0 radical (unpaired) electrons. The van der Waals surface area contributed by atoms with Gasteiger partial charge in [-0.3, -0.25) is 14.3 Å². The number of pyridine rings is 1. The first kappa shape index (κ1) is 30.0. The lowest BCUT2D eigenvalue weighted by Crippen LogP contribution is -2.47. The molecule has 1 fully saturated rings. The number of fused-ring (bicyclic) bond motifs is 1. The normalized spacial score (nSPS) is 13.8. The third-order valence-electron chi connectivity index (χ3n) is 8.08. The number of aryl methyl sites for hydroxylation is 1. The van der Waals surface area contributed by atoms with Gasteiger partial charge in [0.15, 0.2) is 5.82 Å². The molecule has 232 valence electrons. The number of anilines is 1. The van der Waals surface area contributed by atoms with Crippen molar-refractivity contribution in [1.29, 1.82) is 0 Å². The highest BCUT2D eigenvalue weighted by molar-refractivity contribution is 7.71. The zero-order valence-electron chi connectivity index (χ0n) is 24.7. The van der Waals surface area contributed by atoms with Crippen molar-refractivity contribution < 1.29 is 24.1 Å². The number of aromatic hydroxyl groups is 1. The van der Waals surface area contributed by atoms with Gasteiger partial charge in [0.2, 0.25) is 10.2 Å². The fourth-order valence-electron chi connectivity index (χ4n) is 5.68. The van der Waals surface area contributed by atoms with Crippen LogP contribution in [0.3, 0.4) is 0 Å². The number of carboxylic acid groups (broad SMARTS) is 1. The maximum Gasteiger partial charge on any atom is 0.341 e. The molecule has 0 bridgehead atoms. The van der Waals surface area contributed by atoms with E-state index in [4.69, 9.17) is 22.1 Å². The van der Waals surface area contributed by atoms with Crippen molar-refractivity contribution in [2.24, 2.45) is 0 Å². The molecule has 2 aromatic heterocycles. The maximum absolute atomic E-state index is 15.4. The number of phenols is 1. The summed E-state index contributed by atoms with van der Waals surface area (Å²) in [7, 11) is 1.60. The van der Waals surface area contributed by atoms with Crippen molar-refractivity contribution in [2.45, 2.75) is 20.1 Å². The lowest BCUT2D eigenvalue weighted by atomic mass is 10.1. The van der Waals surface area contributed by atoms with Crippen LogP contribution in [0.25, 0.3) is 28.0 Å². The molecule has 0 amide bonds. The molecule has 0 saturated carbocycles. The second-order valence-corrected chi connectivity index (χ2v) is 11.1. The number of nitrogens with zero attached hydrogens (tertiary/aromatic N) is 6. The molecule has 0 aliphatic carbocycles. The molecule has 6 rings (SSSR count). The summed E-state index contributed by atoms with van der Waals surface area (Å²) in [5, 5.41) is 24.9. The predicted octanol–water partition coefficient (Wildman–Crippen LogP) is 4.74. The van der Waals surface area contributed by atoms with E-state index in [2.05, 4.69) is 4.90 Å². The van der Waals surface area contributed by atoms with Crippen LogP contribution >= 0.6 is 12.2 Å². The molecule has 13 heteroatoms. The summed E-state index contributed by atoms with van der Waals surface area (Å²) in [6.45, 7) is 4.81. The van der Waals surface area contributed by atoms with Crippen LogP contribution in [0.5, 0.6) is 11.5 Å². The number of para-hydroxylation sites is 1. The minimum absolute atomic E-state index is 0.0405. The number of piperazine rings is 1. The van der Waals surface area contributed by atoms with E-state index in [0.717, 1.165) is 11.8 Å². The number of hydrogen-bond donors (Lipinski definition) is 2. The van der Waals surface area contributed by atoms with Gasteiger partial charge in [0.05, 0.1) is 36.2 Å². The summed E-state index contributed by atoms with van der Waals surface area (Å²) >= 11 is 5.89. The fourth-order valence-corrected chi connectivity index (χ4v) is 5.97. The van der Waals surface area contributed by atoms with Gasteiger partial charge in [-0.2, -0.15) is 0 Å². The second-order valence-electron chi connectivity index (χ2n) is 10.7. The van der Waals surface area contributed by atoms with Gasteiger partial charge in [-0.25, -0.2) is 13.9 Å². The minimum Gasteiger partial charge on any atom is -0.507 e. The van der Waals surface area contributed by atoms with E-state index in [9.17, 15) is 19.8 Å². The molecule has 45 heavy (non-hydrogen) atoms. The van der Waals surface area contributed by atoms with Crippen LogP contribution in [0.15, 0.2) is 71.7 Å². The molecular weight excluding hydrogens is 599 g/mol. The van der Waals surface area contributed by atoms with Crippen molar-refractivity contribution >= 4 is 34.8 Å². The lowest BCUT2D eigenvalue weighted by molar-refractivity contribution is 0.0695. The highest BCUT2D eigenvalue weighted by Crippen LogP contribution is 2.31. The number of methoxy groups -OCH3 is 1. The first-order valence-corrected chi connectivity index (χ1v) is 14.8. The summed E-state index contributed by atoms with van der Waals surface area (Å²) < 4.78 is 26.3. The molecule has 1 saturated heterocycles. The first-order valence-electron chi connectivity index (χ1n) is 14.4. The Morgan fingerprint density at radius 3 is 2.42 bits per heavy atom. The lowest BCUT2D eigenvalue weighted by Gasteiger charge is -2.36. The Bertz CT molecular complexity index is 2030. The Hall–Kier alpha value is -5.01. The number of rotatable bonds is 8. The zero-order valence-corrected chi connectivity index (χ0v) is 25.5. The van der Waals surface area contributed by atoms with Gasteiger partial charge in [0.1, 0.15) is 22.9 Å². The monoisotopic (exact) mass is 630 g/mol. The Kier molecular flexibility index (Phi) is 8.12. The van der Waals surface area contributed by atoms with E-state index in [1.54, 1.807) is 40.6 Å². The average Bonchev–Trinajstić information content (AvgIpc) is 3.36. The van der Waals surface area contributed by atoms with Gasteiger partial charge in [0.25, 0.3) is 0 Å². The van der Waals surface area contributed by atoms with E-state index in [1.165, 1.54) is 6.20 Å². The van der Waals surface area contributed by atoms with E-state index in [0.29, 0.717) is 72.5 Å². The summed E-state index contributed by atoms with van der Waals surface area (Å²) in [4.78, 5) is 28.4. The number of benzene rings is 3. The van der Waals surface area contributed by atoms with E-state index < -0.39 is 17.2 Å². The van der Waals surface area contributed by atoms with Crippen LogP contribution < -0.4 is 15.1 Å². The number of hydrogen-bond acceptors (Lipinski definition) is 8. The molecule has 1 aliphatic heterocycles. The molecule has 2 N–H and O–H groups in total. The number of carboxylic acids is 1. The molecule has 1 aliphatic rings. The van der Waals surface area contributed by atoms with Crippen LogP contribution in [0.2, 0.25) is 0 Å². The third-order valence-corrected chi connectivity index (χ3v) is 8.48. The van der Waals surface area contributed by atoms with Crippen molar-refractivity contribution in [3.05, 3.63) is 93.2 Å². The quantitative estimate of drug-likeness (QED) is 0.235. The number of ether oxygens (including phenoxy) is 1. The van der Waals surface area contributed by atoms with Gasteiger partial charge in [0, 0.05) is 44.3 Å². The van der Waals surface area contributed by atoms with Crippen LogP contribution in [0.4, 0.5) is 10.1 Å². The van der Waals surface area contributed by atoms with Gasteiger partial charge < -0.3 is 24.4 Å². The topological polar surface area (TPSA) is 118 Å². The molecular formula is C32H31FN6O5S. The summed E-state index contributed by atoms with van der Waals surface area (Å²) in [6.07, 6.45) is 1.31. The van der Waals surface area contributed by atoms with E-state index in [-0.39, 0.29) is 16.7 Å². The summed E-state index contributed by atoms with van der Waals surface area (Å²) in [5.41, 5.74) is 1.06. The molecule has 5 aromatic rings. The van der Waals surface area contributed by atoms with Crippen molar-refractivity contribution in [3.8, 4) is 28.6 Å². The molecule has 0 unspecified atom stereocenters. The van der Waals surface area contributed by atoms with Crippen molar-refractivity contribution in [1.82, 2.24) is 23.8 Å². The number of carbonyl (C=O) groups is 1. The van der Waals surface area contributed by atoms with Gasteiger partial charge in [-0.05, 0) is 67.7 Å². The zero-order chi connectivity index (χ0) is 31.8. The first-order chi connectivity index (χ1) is 21.7. The molecule has 0 spiro atoms. The van der Waals surface area contributed by atoms with Crippen molar-refractivity contribution in [2.75, 3.05) is 38.2 Å². The van der Waals surface area contributed by atoms with Gasteiger partial charge in [-0.1, -0.05) is 12.1 Å². The SMILES string of the molecule is CCn1cc(C(=O)O)c(=O)c2cc(F)c(N3CCN(Cn4nc(-c5ccccc5O)n(-c5ccc(OC)cc5)c4=S)CC3)cc21. The average molecular weight is 631 g/mol. The summed E-state index contributed by atoms with van der Waals surface area (Å²) in [6, 6.07) is 17.1. The van der Waals surface area contributed by atoms with E-state index >= 15 is 4.39 Å². The molecule has 3 heterocycles. The number of phenolic OH excluding ortho intramolecular Hbond substituents is 1. The Labute approximate surface area is 262 Å². The predicted molar refractivity (Wildman–Crippen MR) is 171 cm³/mol. The van der Waals surface area contributed by atoms with Crippen LogP contribution in [-0.4, -0.2) is 73.3 Å². The molecule has 3 aromatic carbocycles. The minimum atomic E-state index is -1.34. The fraction of sp³-hybridized carbons (Fsp3) is 0.250. The summed E-state index contributed by atoms with van der Waals surface area (Å²) in [5.74, 6) is -0.644. The Morgan fingerprint density at radius 1 is 1.07 bits per heavy atom. The Balaban J connectivity index is 1.27. The highest BCUT2D eigenvalue weighted by Gasteiger charge is 2.24. The number of halogens is 1. The largest absolute Gasteiger partial charge is 0.507 e. The third kappa shape index (κ3) is 5.56.